The molecule has 23 heavy (non-hydrogen) atoms. The van der Waals surface area contributed by atoms with E-state index in [4.69, 9.17) is 11.6 Å². The van der Waals surface area contributed by atoms with Crippen molar-refractivity contribution in [1.29, 1.82) is 0 Å². The van der Waals surface area contributed by atoms with Crippen molar-refractivity contribution >= 4 is 40.0 Å². The summed E-state index contributed by atoms with van der Waals surface area (Å²) in [6, 6.07) is 8.63. The van der Waals surface area contributed by atoms with E-state index in [1.54, 1.807) is 24.3 Å². The number of pyridine rings is 1. The van der Waals surface area contributed by atoms with Gasteiger partial charge in [-0.1, -0.05) is 23.7 Å². The second-order valence-electron chi connectivity index (χ2n) is 4.75. The lowest BCUT2D eigenvalue weighted by atomic mass is 10.2. The second-order valence-corrected chi connectivity index (χ2v) is 5.19. The third-order valence-corrected chi connectivity index (χ3v) is 3.31. The van der Waals surface area contributed by atoms with Crippen LogP contribution in [0, 0.1) is 0 Å². The van der Waals surface area contributed by atoms with E-state index in [2.05, 4.69) is 25.8 Å². The molecule has 3 aromatic rings. The average molecular weight is 330 g/mol. The number of fused-ring (bicyclic) bond motifs is 1. The second kappa shape index (κ2) is 6.45. The molecule has 0 radical (unpaired) electrons. The number of carbonyl (C=O) groups is 2. The Morgan fingerprint density at radius 1 is 1.22 bits per heavy atom. The van der Waals surface area contributed by atoms with Crippen molar-refractivity contribution in [2.45, 2.75) is 0 Å². The zero-order valence-corrected chi connectivity index (χ0v) is 12.6. The number of anilines is 1. The van der Waals surface area contributed by atoms with E-state index in [0.29, 0.717) is 16.2 Å². The minimum Gasteiger partial charge on any atom is -0.342 e. The molecule has 0 saturated heterocycles. The number of benzene rings is 1. The number of hydrogen-bond acceptors (Lipinski definition) is 4. The number of hydrogen-bond donors (Lipinski definition) is 3. The van der Waals surface area contributed by atoms with Gasteiger partial charge in [-0.2, -0.15) is 5.10 Å². The summed E-state index contributed by atoms with van der Waals surface area (Å²) in [7, 11) is 0. The molecule has 3 rings (SSSR count). The van der Waals surface area contributed by atoms with E-state index >= 15 is 0 Å². The van der Waals surface area contributed by atoms with Crippen LogP contribution >= 0.6 is 11.6 Å². The van der Waals surface area contributed by atoms with Gasteiger partial charge >= 0.3 is 0 Å². The van der Waals surface area contributed by atoms with Crippen LogP contribution in [0.15, 0.2) is 42.7 Å². The van der Waals surface area contributed by atoms with Crippen molar-refractivity contribution in [2.75, 3.05) is 11.9 Å². The fraction of sp³-hybridized carbons (Fsp3) is 0.0667. The minimum absolute atomic E-state index is 0.167. The summed E-state index contributed by atoms with van der Waals surface area (Å²) in [4.78, 5) is 28.0. The summed E-state index contributed by atoms with van der Waals surface area (Å²) in [6.45, 7) is -0.167. The fourth-order valence-electron chi connectivity index (χ4n) is 1.99. The zero-order valence-electron chi connectivity index (χ0n) is 11.8. The number of aromatic amines is 1. The standard InChI is InChI=1S/C15H12ClN5O2/c16-10-3-1-9-2-4-12(21-13(9)5-10)15(23)17-8-14(22)20-11-6-18-19-7-11/h1-7H,8H2,(H,17,23)(H,18,19)(H,20,22). The fourth-order valence-corrected chi connectivity index (χ4v) is 2.16. The number of halogens is 1. The van der Waals surface area contributed by atoms with Gasteiger partial charge in [-0.3, -0.25) is 14.7 Å². The van der Waals surface area contributed by atoms with Gasteiger partial charge in [0.15, 0.2) is 0 Å². The molecule has 0 bridgehead atoms. The maximum Gasteiger partial charge on any atom is 0.270 e. The van der Waals surface area contributed by atoms with E-state index in [0.717, 1.165) is 5.39 Å². The molecule has 8 heteroatoms. The Morgan fingerprint density at radius 3 is 2.83 bits per heavy atom. The van der Waals surface area contributed by atoms with Gasteiger partial charge < -0.3 is 10.6 Å². The molecule has 7 nitrogen and oxygen atoms in total. The first-order valence-corrected chi connectivity index (χ1v) is 7.13. The predicted octanol–water partition coefficient (Wildman–Crippen LogP) is 1.98. The smallest absolute Gasteiger partial charge is 0.270 e. The molecule has 0 spiro atoms. The van der Waals surface area contributed by atoms with Gasteiger partial charge in [0, 0.05) is 16.6 Å². The van der Waals surface area contributed by atoms with Gasteiger partial charge in [0.1, 0.15) is 5.69 Å². The summed E-state index contributed by atoms with van der Waals surface area (Å²) in [5, 5.41) is 12.8. The van der Waals surface area contributed by atoms with Crippen LogP contribution in [0.25, 0.3) is 10.9 Å². The van der Waals surface area contributed by atoms with Gasteiger partial charge in [-0.05, 0) is 18.2 Å². The van der Waals surface area contributed by atoms with Crippen LogP contribution in [-0.4, -0.2) is 33.5 Å². The van der Waals surface area contributed by atoms with Gasteiger partial charge in [-0.15, -0.1) is 0 Å². The van der Waals surface area contributed by atoms with E-state index in [9.17, 15) is 9.59 Å². The summed E-state index contributed by atoms with van der Waals surface area (Å²) in [5.41, 5.74) is 1.37. The summed E-state index contributed by atoms with van der Waals surface area (Å²) < 4.78 is 0. The first-order chi connectivity index (χ1) is 11.1. The first kappa shape index (κ1) is 15.0. The molecule has 2 heterocycles. The molecule has 0 saturated carbocycles. The summed E-state index contributed by atoms with van der Waals surface area (Å²) in [6.07, 6.45) is 3.00. The molecular formula is C15H12ClN5O2. The highest BCUT2D eigenvalue weighted by Crippen LogP contribution is 2.17. The lowest BCUT2D eigenvalue weighted by Crippen LogP contribution is -2.33. The average Bonchev–Trinajstić information content (AvgIpc) is 3.04. The largest absolute Gasteiger partial charge is 0.342 e. The summed E-state index contributed by atoms with van der Waals surface area (Å²) in [5.74, 6) is -0.794. The molecule has 2 aromatic heterocycles. The molecule has 0 aliphatic rings. The molecule has 0 unspecified atom stereocenters. The lowest BCUT2D eigenvalue weighted by molar-refractivity contribution is -0.115. The normalized spacial score (nSPS) is 10.5. The van der Waals surface area contributed by atoms with Crippen LogP contribution in [0.1, 0.15) is 10.5 Å². The number of H-pyrrole nitrogens is 1. The van der Waals surface area contributed by atoms with Crippen LogP contribution < -0.4 is 10.6 Å². The lowest BCUT2D eigenvalue weighted by Gasteiger charge is -2.06. The molecule has 116 valence electrons. The Bertz CT molecular complexity index is 863. The van der Waals surface area contributed by atoms with Gasteiger partial charge in [0.05, 0.1) is 23.9 Å². The van der Waals surface area contributed by atoms with Crippen LogP contribution in [0.5, 0.6) is 0 Å². The molecule has 0 atom stereocenters. The van der Waals surface area contributed by atoms with Crippen LogP contribution in [-0.2, 0) is 4.79 Å². The maximum absolute atomic E-state index is 12.1. The van der Waals surface area contributed by atoms with Crippen molar-refractivity contribution in [1.82, 2.24) is 20.5 Å². The predicted molar refractivity (Wildman–Crippen MR) is 86.3 cm³/mol. The SMILES string of the molecule is O=C(CNC(=O)c1ccc2ccc(Cl)cc2n1)Nc1cn[nH]c1. The Kier molecular flexibility index (Phi) is 4.20. The number of aromatic nitrogens is 3. The molecule has 1 aromatic carbocycles. The van der Waals surface area contributed by atoms with Crippen molar-refractivity contribution in [3.8, 4) is 0 Å². The Labute approximate surface area is 136 Å². The van der Waals surface area contributed by atoms with Crippen LogP contribution in [0.4, 0.5) is 5.69 Å². The molecule has 0 aliphatic heterocycles. The number of nitrogens with zero attached hydrogens (tertiary/aromatic N) is 2. The van der Waals surface area contributed by atoms with Gasteiger partial charge in [0.25, 0.3) is 5.91 Å². The number of rotatable bonds is 4. The molecule has 3 N–H and O–H groups in total. The Balaban J connectivity index is 1.64. The first-order valence-electron chi connectivity index (χ1n) is 6.75. The third-order valence-electron chi connectivity index (χ3n) is 3.08. The Morgan fingerprint density at radius 2 is 2.04 bits per heavy atom. The van der Waals surface area contributed by atoms with Gasteiger partial charge in [0.2, 0.25) is 5.91 Å². The maximum atomic E-state index is 12.1. The van der Waals surface area contributed by atoms with Crippen LogP contribution in [0.3, 0.4) is 0 Å². The summed E-state index contributed by atoms with van der Waals surface area (Å²) >= 11 is 5.92. The van der Waals surface area contributed by atoms with Gasteiger partial charge in [-0.25, -0.2) is 4.98 Å². The van der Waals surface area contributed by atoms with Crippen molar-refractivity contribution in [2.24, 2.45) is 0 Å². The molecule has 2 amide bonds. The Hall–Kier alpha value is -2.93. The minimum atomic E-state index is -0.436. The molecular weight excluding hydrogens is 318 g/mol. The van der Waals surface area contributed by atoms with E-state index < -0.39 is 5.91 Å². The highest BCUT2D eigenvalue weighted by Gasteiger charge is 2.10. The third kappa shape index (κ3) is 3.64. The number of carbonyl (C=O) groups excluding carboxylic acids is 2. The number of nitrogens with one attached hydrogen (secondary N) is 3. The highest BCUT2D eigenvalue weighted by molar-refractivity contribution is 6.31. The quantitative estimate of drug-likeness (QED) is 0.681. The van der Waals surface area contributed by atoms with E-state index in [-0.39, 0.29) is 18.1 Å². The monoisotopic (exact) mass is 329 g/mol. The van der Waals surface area contributed by atoms with Crippen molar-refractivity contribution in [3.05, 3.63) is 53.4 Å². The molecule has 0 aliphatic carbocycles. The van der Waals surface area contributed by atoms with Crippen LogP contribution in [0.2, 0.25) is 5.02 Å². The van der Waals surface area contributed by atoms with E-state index in [1.807, 2.05) is 6.07 Å². The molecule has 0 fully saturated rings. The zero-order chi connectivity index (χ0) is 16.2. The van der Waals surface area contributed by atoms with Crippen molar-refractivity contribution in [3.63, 3.8) is 0 Å². The topological polar surface area (TPSA) is 99.8 Å². The van der Waals surface area contributed by atoms with Crippen molar-refractivity contribution < 1.29 is 9.59 Å². The number of amides is 2. The highest BCUT2D eigenvalue weighted by atomic mass is 35.5. The van der Waals surface area contributed by atoms with E-state index in [1.165, 1.54) is 12.4 Å².